The topological polar surface area (TPSA) is 86.9 Å². The van der Waals surface area contributed by atoms with Crippen LogP contribution in [-0.4, -0.2) is 28.8 Å². The van der Waals surface area contributed by atoms with Crippen LogP contribution in [0.2, 0.25) is 0 Å². The number of aromatic nitrogens is 2. The summed E-state index contributed by atoms with van der Waals surface area (Å²) in [6.07, 6.45) is 2.89. The van der Waals surface area contributed by atoms with Crippen LogP contribution in [0.3, 0.4) is 0 Å². The number of aryl methyl sites for hydroxylation is 1. The minimum atomic E-state index is -0.619. The molecule has 0 bridgehead atoms. The molecule has 0 N–H and O–H groups in total. The molecule has 1 aliphatic carbocycles. The van der Waals surface area contributed by atoms with E-state index in [0.717, 1.165) is 11.5 Å². The summed E-state index contributed by atoms with van der Waals surface area (Å²) in [7, 11) is 1.71. The maximum Gasteiger partial charge on any atom is 0.236 e. The van der Waals surface area contributed by atoms with E-state index in [0.29, 0.717) is 18.9 Å². The minimum Gasteiger partial charge on any atom is -0.300 e. The molecule has 94 valence electrons. The lowest BCUT2D eigenvalue weighted by Crippen LogP contribution is -2.34. The predicted molar refractivity (Wildman–Crippen MR) is 65.2 cm³/mol. The molecular formula is C11H14N6O. The number of fused-ring (bicyclic) bond motifs is 1. The molecule has 1 unspecified atom stereocenters. The zero-order valence-corrected chi connectivity index (χ0v) is 10.2. The molecule has 0 radical (unpaired) electrons. The molecule has 2 heterocycles. The summed E-state index contributed by atoms with van der Waals surface area (Å²) in [5.41, 5.74) is 9.55. The monoisotopic (exact) mass is 246 g/mol. The number of nitrogens with zero attached hydrogens (tertiary/aromatic N) is 6. The lowest BCUT2D eigenvalue weighted by Gasteiger charge is -2.16. The van der Waals surface area contributed by atoms with Crippen molar-refractivity contribution in [2.75, 3.05) is 11.9 Å². The van der Waals surface area contributed by atoms with Crippen molar-refractivity contribution in [1.29, 1.82) is 0 Å². The van der Waals surface area contributed by atoms with Crippen molar-refractivity contribution in [3.63, 3.8) is 0 Å². The Hall–Kier alpha value is -2.01. The minimum absolute atomic E-state index is 0.159. The normalized spacial score (nSPS) is 23.3. The Morgan fingerprint density at radius 3 is 2.94 bits per heavy atom. The van der Waals surface area contributed by atoms with E-state index in [4.69, 9.17) is 5.53 Å². The zero-order valence-electron chi connectivity index (χ0n) is 10.2. The molecule has 0 saturated heterocycles. The molecule has 1 aliphatic heterocycles. The maximum absolute atomic E-state index is 12.1. The quantitative estimate of drug-likeness (QED) is 0.452. The highest BCUT2D eigenvalue weighted by Gasteiger charge is 2.32. The van der Waals surface area contributed by atoms with Gasteiger partial charge in [0.15, 0.2) is 0 Å². The molecule has 1 amide bonds. The van der Waals surface area contributed by atoms with Gasteiger partial charge in [-0.25, -0.2) is 4.68 Å². The number of carbonyl (C=O) groups excluding carboxylic acids is 1. The zero-order chi connectivity index (χ0) is 12.7. The molecule has 7 nitrogen and oxygen atoms in total. The maximum atomic E-state index is 12.1. The van der Waals surface area contributed by atoms with Crippen molar-refractivity contribution in [3.8, 4) is 0 Å². The number of amides is 1. The fourth-order valence-electron chi connectivity index (χ4n) is 2.31. The van der Waals surface area contributed by atoms with E-state index >= 15 is 0 Å². The second-order valence-electron chi connectivity index (χ2n) is 4.83. The van der Waals surface area contributed by atoms with Gasteiger partial charge in [0.1, 0.15) is 11.9 Å². The first-order chi connectivity index (χ1) is 8.70. The standard InChI is InChI=1S/C11H14N6O/c1-16-10-6-9(7-2-3-7)14-17(10)5-4-8(11(16)18)13-15-12/h6-8H,2-5H2,1H3. The summed E-state index contributed by atoms with van der Waals surface area (Å²) >= 11 is 0. The first-order valence-electron chi connectivity index (χ1n) is 6.10. The van der Waals surface area contributed by atoms with Gasteiger partial charge in [-0.15, -0.1) is 0 Å². The third-order valence-electron chi connectivity index (χ3n) is 3.54. The number of azide groups is 1. The fraction of sp³-hybridized carbons (Fsp3) is 0.636. The second kappa shape index (κ2) is 4.03. The summed E-state index contributed by atoms with van der Waals surface area (Å²) in [4.78, 5) is 16.4. The van der Waals surface area contributed by atoms with Crippen molar-refractivity contribution in [3.05, 3.63) is 22.2 Å². The molecule has 3 rings (SSSR count). The van der Waals surface area contributed by atoms with Gasteiger partial charge in [0, 0.05) is 30.5 Å². The van der Waals surface area contributed by atoms with E-state index in [1.807, 2.05) is 10.7 Å². The fourth-order valence-corrected chi connectivity index (χ4v) is 2.31. The summed E-state index contributed by atoms with van der Waals surface area (Å²) in [6, 6.07) is 1.36. The smallest absolute Gasteiger partial charge is 0.236 e. The lowest BCUT2D eigenvalue weighted by molar-refractivity contribution is -0.119. The molecule has 0 aromatic carbocycles. The molecule has 1 fully saturated rings. The molecule has 1 aromatic heterocycles. The van der Waals surface area contributed by atoms with Gasteiger partial charge in [0.25, 0.3) is 0 Å². The molecule has 1 aromatic rings. The van der Waals surface area contributed by atoms with Gasteiger partial charge >= 0.3 is 0 Å². The van der Waals surface area contributed by atoms with Crippen LogP contribution in [0.1, 0.15) is 30.9 Å². The van der Waals surface area contributed by atoms with Gasteiger partial charge < -0.3 is 0 Å². The Balaban J connectivity index is 1.94. The summed E-state index contributed by atoms with van der Waals surface area (Å²) in [5.74, 6) is 1.21. The number of rotatable bonds is 2. The van der Waals surface area contributed by atoms with Crippen molar-refractivity contribution in [2.45, 2.75) is 37.8 Å². The molecule has 1 saturated carbocycles. The van der Waals surface area contributed by atoms with Crippen LogP contribution in [0.4, 0.5) is 5.82 Å². The summed E-state index contributed by atoms with van der Waals surface area (Å²) < 4.78 is 1.85. The van der Waals surface area contributed by atoms with E-state index in [-0.39, 0.29) is 5.91 Å². The van der Waals surface area contributed by atoms with E-state index < -0.39 is 6.04 Å². The highest BCUT2D eigenvalue weighted by molar-refractivity contribution is 5.96. The Morgan fingerprint density at radius 2 is 2.28 bits per heavy atom. The predicted octanol–water partition coefficient (Wildman–Crippen LogP) is 1.81. The van der Waals surface area contributed by atoms with Gasteiger partial charge in [-0.2, -0.15) is 5.10 Å². The van der Waals surface area contributed by atoms with Gasteiger partial charge in [0.05, 0.1) is 5.69 Å². The van der Waals surface area contributed by atoms with Crippen molar-refractivity contribution >= 4 is 11.7 Å². The molecule has 0 spiro atoms. The van der Waals surface area contributed by atoms with Crippen LogP contribution in [-0.2, 0) is 11.3 Å². The van der Waals surface area contributed by atoms with Crippen LogP contribution < -0.4 is 4.90 Å². The highest BCUT2D eigenvalue weighted by Crippen LogP contribution is 2.40. The number of likely N-dealkylation sites (N-methyl/N-ethyl adjacent to an activating group) is 1. The molecule has 18 heavy (non-hydrogen) atoms. The third kappa shape index (κ3) is 1.73. The van der Waals surface area contributed by atoms with E-state index in [2.05, 4.69) is 15.1 Å². The van der Waals surface area contributed by atoms with Crippen LogP contribution in [0.25, 0.3) is 10.4 Å². The van der Waals surface area contributed by atoms with Crippen molar-refractivity contribution in [1.82, 2.24) is 9.78 Å². The van der Waals surface area contributed by atoms with Gasteiger partial charge in [-0.05, 0) is 24.8 Å². The van der Waals surface area contributed by atoms with Crippen LogP contribution in [0.5, 0.6) is 0 Å². The average molecular weight is 246 g/mol. The number of anilines is 1. The van der Waals surface area contributed by atoms with Crippen molar-refractivity contribution in [2.24, 2.45) is 5.11 Å². The first kappa shape index (κ1) is 11.1. The van der Waals surface area contributed by atoms with E-state index in [1.54, 1.807) is 11.9 Å². The Morgan fingerprint density at radius 1 is 1.50 bits per heavy atom. The van der Waals surface area contributed by atoms with Crippen LogP contribution in [0, 0.1) is 0 Å². The molecular weight excluding hydrogens is 232 g/mol. The SMILES string of the molecule is CN1C(=O)C(N=[N+]=[N-])CCn2nc(C3CC3)cc21. The third-order valence-corrected chi connectivity index (χ3v) is 3.54. The van der Waals surface area contributed by atoms with Gasteiger partial charge in [-0.1, -0.05) is 5.11 Å². The van der Waals surface area contributed by atoms with E-state index in [1.165, 1.54) is 12.8 Å². The average Bonchev–Trinajstić information content (AvgIpc) is 3.14. The van der Waals surface area contributed by atoms with Gasteiger partial charge in [0.2, 0.25) is 5.91 Å². The van der Waals surface area contributed by atoms with Crippen molar-refractivity contribution < 1.29 is 4.79 Å². The largest absolute Gasteiger partial charge is 0.300 e. The lowest BCUT2D eigenvalue weighted by atomic mass is 10.2. The Kier molecular flexibility index (Phi) is 2.48. The first-order valence-corrected chi connectivity index (χ1v) is 6.10. The number of hydrogen-bond donors (Lipinski definition) is 0. The Labute approximate surface area is 104 Å². The summed E-state index contributed by atoms with van der Waals surface area (Å²) in [6.45, 7) is 0.613. The van der Waals surface area contributed by atoms with E-state index in [9.17, 15) is 4.79 Å². The van der Waals surface area contributed by atoms with Crippen LogP contribution in [0.15, 0.2) is 11.2 Å². The van der Waals surface area contributed by atoms with Crippen LogP contribution >= 0.6 is 0 Å². The number of hydrogen-bond acceptors (Lipinski definition) is 3. The van der Waals surface area contributed by atoms with Gasteiger partial charge in [-0.3, -0.25) is 9.69 Å². The molecule has 1 atom stereocenters. The number of carbonyl (C=O) groups is 1. The Bertz CT molecular complexity index is 540. The molecule has 2 aliphatic rings. The second-order valence-corrected chi connectivity index (χ2v) is 4.83. The highest BCUT2D eigenvalue weighted by atomic mass is 16.2. The summed E-state index contributed by atoms with van der Waals surface area (Å²) in [5, 5.41) is 8.10. The molecule has 7 heteroatoms.